The monoisotopic (exact) mass is 443 g/mol. The zero-order valence-electron chi connectivity index (χ0n) is 17.9. The van der Waals surface area contributed by atoms with Crippen molar-refractivity contribution >= 4 is 23.2 Å². The summed E-state index contributed by atoms with van der Waals surface area (Å²) in [4.78, 5) is 41.6. The van der Waals surface area contributed by atoms with E-state index in [0.717, 1.165) is 42.2 Å². The van der Waals surface area contributed by atoms with Gasteiger partial charge in [-0.2, -0.15) is 0 Å². The van der Waals surface area contributed by atoms with Crippen molar-refractivity contribution in [3.05, 3.63) is 35.1 Å². The largest absolute Gasteiger partial charge is 0.395 e. The minimum atomic E-state index is -0.145. The number of piperazine rings is 1. The Labute approximate surface area is 186 Å². The molecule has 0 bridgehead atoms. The molecule has 2 aromatic rings. The molecule has 1 atom stereocenters. The van der Waals surface area contributed by atoms with E-state index in [1.54, 1.807) is 12.4 Å². The number of aliphatic hydroxyl groups is 1. The van der Waals surface area contributed by atoms with Crippen molar-refractivity contribution in [1.29, 1.82) is 0 Å². The number of nitrogens with zero attached hydrogens (tertiary/aromatic N) is 5. The molecule has 0 aliphatic carbocycles. The maximum absolute atomic E-state index is 13.3. The van der Waals surface area contributed by atoms with Crippen LogP contribution in [-0.4, -0.2) is 94.0 Å². The fourth-order valence-corrected chi connectivity index (χ4v) is 5.33. The SMILES string of the molecule is Cc1nc(-c2cccnc2)sc1C(=O)N1CCCC(C(=O)N2CCN(CCO)CC2)C1. The number of aliphatic hydroxyl groups excluding tert-OH is 1. The lowest BCUT2D eigenvalue weighted by molar-refractivity contribution is -0.138. The molecule has 0 saturated carbocycles. The Hall–Kier alpha value is -2.36. The van der Waals surface area contributed by atoms with Crippen LogP contribution in [0.5, 0.6) is 0 Å². The van der Waals surface area contributed by atoms with E-state index < -0.39 is 0 Å². The Morgan fingerprint density at radius 3 is 2.71 bits per heavy atom. The number of rotatable bonds is 5. The van der Waals surface area contributed by atoms with Crippen LogP contribution in [0.25, 0.3) is 10.6 Å². The molecule has 2 amide bonds. The number of carbonyl (C=O) groups is 2. The highest BCUT2D eigenvalue weighted by Crippen LogP contribution is 2.30. The zero-order valence-corrected chi connectivity index (χ0v) is 18.7. The van der Waals surface area contributed by atoms with E-state index in [1.165, 1.54) is 11.3 Å². The van der Waals surface area contributed by atoms with Gasteiger partial charge < -0.3 is 14.9 Å². The number of thiazole rings is 1. The van der Waals surface area contributed by atoms with E-state index in [4.69, 9.17) is 5.11 Å². The van der Waals surface area contributed by atoms with Crippen LogP contribution in [0.3, 0.4) is 0 Å². The highest BCUT2D eigenvalue weighted by atomic mass is 32.1. The molecule has 31 heavy (non-hydrogen) atoms. The van der Waals surface area contributed by atoms with E-state index in [-0.39, 0.29) is 24.3 Å². The van der Waals surface area contributed by atoms with Gasteiger partial charge >= 0.3 is 0 Å². The molecule has 1 unspecified atom stereocenters. The second kappa shape index (κ2) is 9.84. The number of β-amino-alcohol motifs (C(OH)–C–C–N with tert-alkyl or cyclic N) is 1. The van der Waals surface area contributed by atoms with Gasteiger partial charge in [-0.05, 0) is 31.9 Å². The van der Waals surface area contributed by atoms with Gasteiger partial charge in [-0.25, -0.2) is 4.98 Å². The summed E-state index contributed by atoms with van der Waals surface area (Å²) in [6, 6.07) is 3.80. The lowest BCUT2D eigenvalue weighted by Crippen LogP contribution is -2.53. The van der Waals surface area contributed by atoms with Gasteiger partial charge in [0.15, 0.2) is 0 Å². The Morgan fingerprint density at radius 2 is 2.00 bits per heavy atom. The van der Waals surface area contributed by atoms with E-state index in [1.807, 2.05) is 28.9 Å². The molecule has 2 aliphatic heterocycles. The van der Waals surface area contributed by atoms with E-state index >= 15 is 0 Å². The fraction of sp³-hybridized carbons (Fsp3) is 0.545. The molecule has 2 aromatic heterocycles. The molecular weight excluding hydrogens is 414 g/mol. The van der Waals surface area contributed by atoms with Crippen LogP contribution in [0, 0.1) is 12.8 Å². The average Bonchev–Trinajstić information content (AvgIpc) is 3.21. The molecule has 2 fully saturated rings. The molecule has 8 nitrogen and oxygen atoms in total. The number of piperidine rings is 1. The average molecular weight is 444 g/mol. The van der Waals surface area contributed by atoms with Crippen molar-refractivity contribution in [2.75, 3.05) is 52.4 Å². The zero-order chi connectivity index (χ0) is 21.8. The molecule has 166 valence electrons. The van der Waals surface area contributed by atoms with Crippen molar-refractivity contribution < 1.29 is 14.7 Å². The summed E-state index contributed by atoms with van der Waals surface area (Å²) in [5, 5.41) is 9.88. The summed E-state index contributed by atoms with van der Waals surface area (Å²) < 4.78 is 0. The van der Waals surface area contributed by atoms with Crippen LogP contribution >= 0.6 is 11.3 Å². The maximum Gasteiger partial charge on any atom is 0.265 e. The Morgan fingerprint density at radius 1 is 1.19 bits per heavy atom. The number of amides is 2. The summed E-state index contributed by atoms with van der Waals surface area (Å²) in [6.45, 7) is 6.76. The number of aromatic nitrogens is 2. The van der Waals surface area contributed by atoms with Gasteiger partial charge in [-0.1, -0.05) is 0 Å². The second-order valence-corrected chi connectivity index (χ2v) is 9.16. The minimum Gasteiger partial charge on any atom is -0.395 e. The first-order chi connectivity index (χ1) is 15.1. The van der Waals surface area contributed by atoms with Gasteiger partial charge in [-0.15, -0.1) is 11.3 Å². The summed E-state index contributed by atoms with van der Waals surface area (Å²) in [5.74, 6) is -0.0262. The van der Waals surface area contributed by atoms with Gasteiger partial charge in [-0.3, -0.25) is 19.5 Å². The molecule has 1 N–H and O–H groups in total. The molecule has 4 rings (SSSR count). The van der Waals surface area contributed by atoms with Crippen molar-refractivity contribution in [3.8, 4) is 10.6 Å². The molecule has 4 heterocycles. The topological polar surface area (TPSA) is 89.9 Å². The standard InChI is InChI=1S/C22H29N5O3S/c1-16-19(31-20(24-16)17-4-2-6-23-14-17)22(30)27-7-3-5-18(15-27)21(29)26-10-8-25(9-11-26)12-13-28/h2,4,6,14,18,28H,3,5,7-13,15H2,1H3. The number of hydrogen-bond donors (Lipinski definition) is 1. The van der Waals surface area contributed by atoms with E-state index in [2.05, 4.69) is 14.9 Å². The minimum absolute atomic E-state index is 0.0320. The third-order valence-electron chi connectivity index (χ3n) is 6.06. The quantitative estimate of drug-likeness (QED) is 0.753. The molecule has 9 heteroatoms. The summed E-state index contributed by atoms with van der Waals surface area (Å²) in [7, 11) is 0. The van der Waals surface area contributed by atoms with Crippen LogP contribution in [0.15, 0.2) is 24.5 Å². The Kier molecular flexibility index (Phi) is 6.94. The number of pyridine rings is 1. The van der Waals surface area contributed by atoms with Gasteiger partial charge in [0.05, 0.1) is 18.2 Å². The van der Waals surface area contributed by atoms with Gasteiger partial charge in [0.25, 0.3) is 5.91 Å². The van der Waals surface area contributed by atoms with E-state index in [0.29, 0.717) is 37.6 Å². The van der Waals surface area contributed by atoms with Gasteiger partial charge in [0.1, 0.15) is 9.88 Å². The van der Waals surface area contributed by atoms with Crippen LogP contribution in [0.1, 0.15) is 28.2 Å². The first-order valence-electron chi connectivity index (χ1n) is 10.9. The third kappa shape index (κ3) is 4.94. The first-order valence-corrected chi connectivity index (χ1v) is 11.7. The number of hydrogen-bond acceptors (Lipinski definition) is 7. The van der Waals surface area contributed by atoms with Crippen LogP contribution in [0.2, 0.25) is 0 Å². The van der Waals surface area contributed by atoms with Crippen molar-refractivity contribution in [1.82, 2.24) is 24.7 Å². The Bertz CT molecular complexity index is 911. The number of aryl methyl sites for hydroxylation is 1. The Balaban J connectivity index is 1.40. The van der Waals surface area contributed by atoms with E-state index in [9.17, 15) is 9.59 Å². The summed E-state index contributed by atoms with van der Waals surface area (Å²) in [6.07, 6.45) is 5.12. The molecule has 2 aliphatic rings. The van der Waals surface area contributed by atoms with Gasteiger partial charge in [0, 0.05) is 63.8 Å². The normalized spacial score (nSPS) is 20.1. The number of likely N-dealkylation sites (tertiary alicyclic amines) is 1. The van der Waals surface area contributed by atoms with Crippen LogP contribution < -0.4 is 0 Å². The van der Waals surface area contributed by atoms with Crippen molar-refractivity contribution in [3.63, 3.8) is 0 Å². The fourth-order valence-electron chi connectivity index (χ4n) is 4.31. The molecule has 0 radical (unpaired) electrons. The van der Waals surface area contributed by atoms with Crippen LogP contribution in [0.4, 0.5) is 0 Å². The second-order valence-electron chi connectivity index (χ2n) is 8.16. The lowest BCUT2D eigenvalue weighted by atomic mass is 9.96. The predicted molar refractivity (Wildman–Crippen MR) is 119 cm³/mol. The predicted octanol–water partition coefficient (Wildman–Crippen LogP) is 1.50. The van der Waals surface area contributed by atoms with Crippen molar-refractivity contribution in [2.24, 2.45) is 5.92 Å². The maximum atomic E-state index is 13.3. The van der Waals surface area contributed by atoms with Crippen LogP contribution in [-0.2, 0) is 4.79 Å². The first kappa shape index (κ1) is 21.9. The molecular formula is C22H29N5O3S. The molecule has 0 spiro atoms. The summed E-state index contributed by atoms with van der Waals surface area (Å²) >= 11 is 1.39. The molecule has 2 saturated heterocycles. The number of carbonyl (C=O) groups excluding carboxylic acids is 2. The highest BCUT2D eigenvalue weighted by molar-refractivity contribution is 7.17. The third-order valence-corrected chi connectivity index (χ3v) is 7.25. The van der Waals surface area contributed by atoms with Gasteiger partial charge in [0.2, 0.25) is 5.91 Å². The summed E-state index contributed by atoms with van der Waals surface area (Å²) in [5.41, 5.74) is 1.63. The lowest BCUT2D eigenvalue weighted by Gasteiger charge is -2.38. The smallest absolute Gasteiger partial charge is 0.265 e. The van der Waals surface area contributed by atoms with Crippen molar-refractivity contribution in [2.45, 2.75) is 19.8 Å². The molecule has 0 aromatic carbocycles. The highest BCUT2D eigenvalue weighted by Gasteiger charge is 2.33.